The molecule has 0 fully saturated rings. The summed E-state index contributed by atoms with van der Waals surface area (Å²) in [4.78, 5) is 0. The van der Waals surface area contributed by atoms with E-state index in [1.807, 2.05) is 19.9 Å². The lowest BCUT2D eigenvalue weighted by Crippen LogP contribution is -1.86. The van der Waals surface area contributed by atoms with Crippen LogP contribution in [0.3, 0.4) is 0 Å². The third-order valence-electron chi connectivity index (χ3n) is 4.74. The fraction of sp³-hybridized carbons (Fsp3) is 0.259. The maximum atomic E-state index is 9.31. The topological polar surface area (TPSA) is 20.2 Å². The first-order chi connectivity index (χ1) is 13.6. The van der Waals surface area contributed by atoms with Gasteiger partial charge < -0.3 is 5.11 Å². The lowest BCUT2D eigenvalue weighted by molar-refractivity contribution is 0.476. The second-order valence-corrected chi connectivity index (χ2v) is 6.98. The molecular weight excluding hydrogens is 340 g/mol. The molecule has 1 heteroatoms. The van der Waals surface area contributed by atoms with E-state index in [4.69, 9.17) is 0 Å². The molecule has 0 saturated heterocycles. The molecule has 0 bridgehead atoms. The summed E-state index contributed by atoms with van der Waals surface area (Å²) in [5.41, 5.74) is 2.75. The van der Waals surface area contributed by atoms with E-state index in [-0.39, 0.29) is 0 Å². The average molecular weight is 373 g/mol. The monoisotopic (exact) mass is 372 g/mol. The zero-order valence-electron chi connectivity index (χ0n) is 17.7. The normalized spacial score (nSPS) is 10.2. The van der Waals surface area contributed by atoms with Gasteiger partial charge in [0.2, 0.25) is 0 Å². The van der Waals surface area contributed by atoms with E-state index in [2.05, 4.69) is 81.4 Å². The quantitative estimate of drug-likeness (QED) is 0.377. The number of phenolic OH excluding ortho intramolecular Hbond substituents is 1. The Labute approximate surface area is 169 Å². The van der Waals surface area contributed by atoms with Crippen LogP contribution in [0.5, 0.6) is 5.75 Å². The SMILES string of the molecule is CC.CC(C)c1ccc2cc(O)ccc2c1.CCc1ccc2ccccc2c1. The first-order valence-electron chi connectivity index (χ1n) is 10.3. The maximum Gasteiger partial charge on any atom is 0.116 e. The van der Waals surface area contributed by atoms with Crippen molar-refractivity contribution in [1.82, 2.24) is 0 Å². The maximum absolute atomic E-state index is 9.31. The van der Waals surface area contributed by atoms with Gasteiger partial charge in [0, 0.05) is 0 Å². The Balaban J connectivity index is 0.000000186. The number of aromatic hydroxyl groups is 1. The zero-order valence-corrected chi connectivity index (χ0v) is 17.7. The molecule has 4 aromatic carbocycles. The molecule has 0 aromatic heterocycles. The third-order valence-corrected chi connectivity index (χ3v) is 4.74. The highest BCUT2D eigenvalue weighted by Gasteiger charge is 2.00. The minimum atomic E-state index is 0.329. The fourth-order valence-corrected chi connectivity index (χ4v) is 3.07. The van der Waals surface area contributed by atoms with Crippen LogP contribution < -0.4 is 0 Å². The van der Waals surface area contributed by atoms with E-state index in [1.54, 1.807) is 12.1 Å². The minimum Gasteiger partial charge on any atom is -0.508 e. The van der Waals surface area contributed by atoms with E-state index >= 15 is 0 Å². The molecule has 146 valence electrons. The molecule has 0 aliphatic rings. The van der Waals surface area contributed by atoms with Gasteiger partial charge in [-0.2, -0.15) is 0 Å². The lowest BCUT2D eigenvalue weighted by Gasteiger charge is -2.06. The second kappa shape index (κ2) is 10.5. The first kappa shape index (κ1) is 21.5. The highest BCUT2D eigenvalue weighted by Crippen LogP contribution is 2.24. The molecule has 0 heterocycles. The molecule has 1 nitrogen and oxygen atoms in total. The lowest BCUT2D eigenvalue weighted by atomic mass is 9.99. The third kappa shape index (κ3) is 5.60. The van der Waals surface area contributed by atoms with Crippen LogP contribution in [-0.2, 0) is 6.42 Å². The van der Waals surface area contributed by atoms with E-state index in [0.29, 0.717) is 11.7 Å². The highest BCUT2D eigenvalue weighted by molar-refractivity contribution is 5.84. The molecule has 0 amide bonds. The average Bonchev–Trinajstić information content (AvgIpc) is 2.74. The zero-order chi connectivity index (χ0) is 20.5. The Bertz CT molecular complexity index is 1010. The molecule has 28 heavy (non-hydrogen) atoms. The van der Waals surface area contributed by atoms with Gasteiger partial charge in [-0.3, -0.25) is 0 Å². The van der Waals surface area contributed by atoms with Crippen molar-refractivity contribution < 1.29 is 5.11 Å². The van der Waals surface area contributed by atoms with Crippen molar-refractivity contribution in [3.8, 4) is 5.75 Å². The molecule has 4 rings (SSSR count). The number of rotatable bonds is 2. The van der Waals surface area contributed by atoms with Crippen LogP contribution in [0.4, 0.5) is 0 Å². The first-order valence-corrected chi connectivity index (χ1v) is 10.3. The van der Waals surface area contributed by atoms with Crippen molar-refractivity contribution in [2.75, 3.05) is 0 Å². The van der Waals surface area contributed by atoms with Crippen molar-refractivity contribution in [3.63, 3.8) is 0 Å². The summed E-state index contributed by atoms with van der Waals surface area (Å²) >= 11 is 0. The van der Waals surface area contributed by atoms with E-state index in [1.165, 1.54) is 27.3 Å². The summed E-state index contributed by atoms with van der Waals surface area (Å²) in [5.74, 6) is 0.878. The summed E-state index contributed by atoms with van der Waals surface area (Å²) in [7, 11) is 0. The Kier molecular flexibility index (Phi) is 8.07. The smallest absolute Gasteiger partial charge is 0.116 e. The van der Waals surface area contributed by atoms with Gasteiger partial charge in [0.1, 0.15) is 5.75 Å². The van der Waals surface area contributed by atoms with Crippen molar-refractivity contribution in [3.05, 3.63) is 90.0 Å². The Morgan fingerprint density at radius 1 is 0.679 bits per heavy atom. The van der Waals surface area contributed by atoms with E-state index in [9.17, 15) is 5.11 Å². The summed E-state index contributed by atoms with van der Waals surface area (Å²) in [6, 6.07) is 26.9. The van der Waals surface area contributed by atoms with Gasteiger partial charge in [0.25, 0.3) is 0 Å². The van der Waals surface area contributed by atoms with Gasteiger partial charge in [-0.15, -0.1) is 0 Å². The summed E-state index contributed by atoms with van der Waals surface area (Å²) < 4.78 is 0. The molecule has 0 radical (unpaired) electrons. The van der Waals surface area contributed by atoms with Crippen LogP contribution in [-0.4, -0.2) is 5.11 Å². The van der Waals surface area contributed by atoms with Crippen molar-refractivity contribution in [1.29, 1.82) is 0 Å². The van der Waals surface area contributed by atoms with Crippen LogP contribution in [0.15, 0.2) is 78.9 Å². The van der Waals surface area contributed by atoms with Crippen LogP contribution >= 0.6 is 0 Å². The number of aryl methyl sites for hydroxylation is 1. The predicted molar refractivity (Wildman–Crippen MR) is 124 cm³/mol. The highest BCUT2D eigenvalue weighted by atomic mass is 16.3. The largest absolute Gasteiger partial charge is 0.508 e. The molecule has 0 atom stereocenters. The van der Waals surface area contributed by atoms with Crippen molar-refractivity contribution in [2.45, 2.75) is 47.0 Å². The number of hydrogen-bond donors (Lipinski definition) is 1. The molecule has 4 aromatic rings. The molecule has 0 aliphatic carbocycles. The van der Waals surface area contributed by atoms with Gasteiger partial charge in [-0.05, 0) is 57.1 Å². The molecule has 0 saturated carbocycles. The minimum absolute atomic E-state index is 0.329. The van der Waals surface area contributed by atoms with Crippen LogP contribution in [0.1, 0.15) is 51.7 Å². The van der Waals surface area contributed by atoms with Gasteiger partial charge >= 0.3 is 0 Å². The predicted octanol–water partition coefficient (Wildman–Crippen LogP) is 8.10. The van der Waals surface area contributed by atoms with Gasteiger partial charge in [0.05, 0.1) is 0 Å². The van der Waals surface area contributed by atoms with Gasteiger partial charge in [0.15, 0.2) is 0 Å². The molecular formula is C27H32O. The van der Waals surface area contributed by atoms with Crippen LogP contribution in [0.2, 0.25) is 0 Å². The molecule has 0 unspecified atom stereocenters. The number of phenols is 1. The van der Waals surface area contributed by atoms with Crippen LogP contribution in [0, 0.1) is 0 Å². The Morgan fingerprint density at radius 2 is 1.25 bits per heavy atom. The van der Waals surface area contributed by atoms with E-state index in [0.717, 1.165) is 11.8 Å². The van der Waals surface area contributed by atoms with Gasteiger partial charge in [-0.25, -0.2) is 0 Å². The Hall–Kier alpha value is -2.80. The summed E-state index contributed by atoms with van der Waals surface area (Å²) in [5, 5.41) is 14.3. The van der Waals surface area contributed by atoms with Crippen molar-refractivity contribution in [2.24, 2.45) is 0 Å². The molecule has 0 aliphatic heterocycles. The number of hydrogen-bond acceptors (Lipinski definition) is 1. The Morgan fingerprint density at radius 3 is 1.93 bits per heavy atom. The van der Waals surface area contributed by atoms with Gasteiger partial charge in [-0.1, -0.05) is 101 Å². The van der Waals surface area contributed by atoms with E-state index < -0.39 is 0 Å². The summed E-state index contributed by atoms with van der Waals surface area (Å²) in [6.45, 7) is 10.5. The molecule has 1 N–H and O–H groups in total. The summed E-state index contributed by atoms with van der Waals surface area (Å²) in [6.07, 6.45) is 1.12. The van der Waals surface area contributed by atoms with Crippen LogP contribution in [0.25, 0.3) is 21.5 Å². The standard InChI is InChI=1S/C13H14O.C12H12.C2H6/c1-9(2)10-3-4-12-8-13(14)6-5-11(12)7-10;1-2-10-7-8-11-5-3-4-6-12(11)9-10;1-2/h3-9,14H,1-2H3;3-9H,2H2,1H3;1-2H3. The number of fused-ring (bicyclic) bond motifs is 2. The molecule has 0 spiro atoms. The number of benzene rings is 4. The van der Waals surface area contributed by atoms with Crippen molar-refractivity contribution >= 4 is 21.5 Å². The fourth-order valence-electron chi connectivity index (χ4n) is 3.07. The second-order valence-electron chi connectivity index (χ2n) is 6.98.